The zero-order valence-electron chi connectivity index (χ0n) is 30.2. The summed E-state index contributed by atoms with van der Waals surface area (Å²) < 4.78 is 8.94. The van der Waals surface area contributed by atoms with Crippen molar-refractivity contribution in [2.45, 2.75) is 75.4 Å². The van der Waals surface area contributed by atoms with Crippen molar-refractivity contribution in [1.82, 2.24) is 9.13 Å². The number of hydrogen-bond donors (Lipinski definition) is 0. The molecule has 0 aliphatic rings. The largest absolute Gasteiger partial charge is 0.243 e. The number of benzene rings is 4. The van der Waals surface area contributed by atoms with Crippen LogP contribution in [0.15, 0.2) is 79.9 Å². The summed E-state index contributed by atoms with van der Waals surface area (Å²) in [5.74, 6) is 0. The Hall–Kier alpha value is -4.70. The molecule has 0 bridgehead atoms. The molecule has 4 nitrogen and oxygen atoms in total. The van der Waals surface area contributed by atoms with Gasteiger partial charge in [0.25, 0.3) is 0 Å². The first-order valence-corrected chi connectivity index (χ1v) is 16.8. The van der Waals surface area contributed by atoms with Crippen LogP contribution < -0.4 is 9.13 Å². The molecule has 0 amide bonds. The van der Waals surface area contributed by atoms with Gasteiger partial charge in [-0.1, -0.05) is 53.1 Å². The Balaban J connectivity index is 1.86. The van der Waals surface area contributed by atoms with Crippen LogP contribution in [-0.2, 0) is 27.2 Å². The number of imidazole rings is 2. The van der Waals surface area contributed by atoms with Crippen molar-refractivity contribution < 1.29 is 9.13 Å². The lowest BCUT2D eigenvalue weighted by molar-refractivity contribution is -0.671. The quantitative estimate of drug-likeness (QED) is 0.158. The summed E-state index contributed by atoms with van der Waals surface area (Å²) in [6, 6.07) is 16.6. The van der Waals surface area contributed by atoms with E-state index in [-0.39, 0.29) is 0 Å². The van der Waals surface area contributed by atoms with Crippen LogP contribution in [0.25, 0.3) is 33.4 Å². The van der Waals surface area contributed by atoms with Crippen molar-refractivity contribution in [3.05, 3.63) is 141 Å². The summed E-state index contributed by atoms with van der Waals surface area (Å²) >= 11 is 0. The normalized spacial score (nSPS) is 11.5. The van der Waals surface area contributed by atoms with Gasteiger partial charge >= 0.3 is 0 Å². The molecular weight excluding hydrogens is 573 g/mol. The number of rotatable bonds is 7. The highest BCUT2D eigenvalue weighted by atomic mass is 15.1. The summed E-state index contributed by atoms with van der Waals surface area (Å²) in [7, 11) is 4.20. The molecule has 0 saturated carbocycles. The molecule has 2 aromatic heterocycles. The van der Waals surface area contributed by atoms with Crippen LogP contribution in [0.2, 0.25) is 0 Å². The van der Waals surface area contributed by atoms with Crippen molar-refractivity contribution in [3.8, 4) is 33.4 Å². The van der Waals surface area contributed by atoms with Gasteiger partial charge in [0.15, 0.2) is 0 Å². The second kappa shape index (κ2) is 12.5. The van der Waals surface area contributed by atoms with E-state index in [0.29, 0.717) is 0 Å². The van der Waals surface area contributed by atoms with Gasteiger partial charge in [-0.15, -0.1) is 0 Å². The summed E-state index contributed by atoms with van der Waals surface area (Å²) in [5.41, 5.74) is 22.6. The maximum Gasteiger partial charge on any atom is 0.243 e. The van der Waals surface area contributed by atoms with E-state index in [9.17, 15) is 0 Å². The van der Waals surface area contributed by atoms with Gasteiger partial charge in [-0.05, 0) is 135 Å². The zero-order chi connectivity index (χ0) is 33.7. The van der Waals surface area contributed by atoms with E-state index in [1.54, 1.807) is 0 Å². The summed E-state index contributed by atoms with van der Waals surface area (Å²) in [6.07, 6.45) is 13.1. The minimum atomic E-state index is 0.767. The molecule has 0 N–H and O–H groups in total. The number of hydrogen-bond acceptors (Lipinski definition) is 0. The van der Waals surface area contributed by atoms with Gasteiger partial charge in [0.1, 0.15) is 37.9 Å². The Morgan fingerprint density at radius 3 is 1.04 bits per heavy atom. The molecule has 6 aromatic rings. The lowest BCUT2D eigenvalue weighted by atomic mass is 9.78. The van der Waals surface area contributed by atoms with E-state index >= 15 is 0 Å². The zero-order valence-corrected chi connectivity index (χ0v) is 30.2. The average Bonchev–Trinajstić information content (AvgIpc) is 3.56. The van der Waals surface area contributed by atoms with Crippen LogP contribution in [0.5, 0.6) is 0 Å². The van der Waals surface area contributed by atoms with E-state index in [0.717, 1.165) is 13.1 Å². The first-order valence-electron chi connectivity index (χ1n) is 16.8. The number of aromatic nitrogens is 4. The summed E-state index contributed by atoms with van der Waals surface area (Å²) in [5, 5.41) is 0. The fourth-order valence-electron chi connectivity index (χ4n) is 8.19. The fourth-order valence-corrected chi connectivity index (χ4v) is 8.19. The molecule has 47 heavy (non-hydrogen) atoms. The molecule has 0 unspecified atom stereocenters. The average molecular weight is 623 g/mol. The first-order chi connectivity index (χ1) is 22.3. The molecule has 4 aromatic carbocycles. The minimum absolute atomic E-state index is 0.767. The van der Waals surface area contributed by atoms with E-state index in [1.807, 2.05) is 0 Å². The fraction of sp³-hybridized carbons (Fsp3) is 0.302. The van der Waals surface area contributed by atoms with E-state index < -0.39 is 0 Å². The van der Waals surface area contributed by atoms with Crippen molar-refractivity contribution in [2.75, 3.05) is 0 Å². The van der Waals surface area contributed by atoms with E-state index in [4.69, 9.17) is 0 Å². The van der Waals surface area contributed by atoms with Gasteiger partial charge in [0.2, 0.25) is 12.7 Å². The van der Waals surface area contributed by atoms with Crippen molar-refractivity contribution in [2.24, 2.45) is 14.1 Å². The summed E-state index contributed by atoms with van der Waals surface area (Å²) in [4.78, 5) is 0. The molecule has 0 saturated heterocycles. The molecule has 4 heteroatoms. The lowest BCUT2D eigenvalue weighted by Crippen LogP contribution is -2.24. The SMILES string of the molecule is Cc1cc(C)c(-c2cc(-c3c(C)cc(C)cc3C)c(Cn3cc[n+](C)c3)c(-c3c(C)cc(C)cc3C)c2Cn2cc[n+](C)c2)c(C)c1. The molecule has 0 aliphatic heterocycles. The first kappa shape index (κ1) is 32.2. The van der Waals surface area contributed by atoms with Gasteiger partial charge < -0.3 is 0 Å². The Bertz CT molecular complexity index is 1960. The number of nitrogens with zero attached hydrogens (tertiary/aromatic N) is 4. The topological polar surface area (TPSA) is 17.6 Å². The number of aryl methyl sites for hydroxylation is 11. The Labute approximate surface area is 281 Å². The molecule has 0 aliphatic carbocycles. The monoisotopic (exact) mass is 622 g/mol. The van der Waals surface area contributed by atoms with Gasteiger partial charge in [-0.25, -0.2) is 18.3 Å². The highest BCUT2D eigenvalue weighted by Gasteiger charge is 2.28. The smallest absolute Gasteiger partial charge is 0.240 e. The molecular formula is C43H50N4+2. The third-order valence-corrected chi connectivity index (χ3v) is 9.69. The standard InChI is InChI=1S/C43H50N4/c1-27-16-30(4)40(31(5)17-27)36-22-37(41-32(6)18-28(2)19-33(41)7)39(24-47-15-13-45(11)26-47)43(38(36)23-46-14-12-44(10)25-46)42-34(8)20-29(3)21-35(42)9/h12-22,25-26H,23-24H2,1-11H3/q+2. The maximum absolute atomic E-state index is 2.54. The highest BCUT2D eigenvalue weighted by Crippen LogP contribution is 2.47. The van der Waals surface area contributed by atoms with Crippen LogP contribution in [0, 0.1) is 62.3 Å². The van der Waals surface area contributed by atoms with Crippen molar-refractivity contribution in [3.63, 3.8) is 0 Å². The second-order valence-corrected chi connectivity index (χ2v) is 14.1. The third kappa shape index (κ3) is 6.22. The van der Waals surface area contributed by atoms with Crippen molar-refractivity contribution in [1.29, 1.82) is 0 Å². The second-order valence-electron chi connectivity index (χ2n) is 14.1. The van der Waals surface area contributed by atoms with Crippen LogP contribution in [0.4, 0.5) is 0 Å². The molecule has 0 radical (unpaired) electrons. The van der Waals surface area contributed by atoms with Crippen molar-refractivity contribution >= 4 is 0 Å². The highest BCUT2D eigenvalue weighted by molar-refractivity contribution is 5.93. The summed E-state index contributed by atoms with van der Waals surface area (Å²) in [6.45, 7) is 21.9. The predicted molar refractivity (Wildman–Crippen MR) is 195 cm³/mol. The molecule has 240 valence electrons. The van der Waals surface area contributed by atoms with Gasteiger partial charge in [-0.3, -0.25) is 0 Å². The Morgan fingerprint density at radius 2 is 0.745 bits per heavy atom. The van der Waals surface area contributed by atoms with Crippen LogP contribution in [0.1, 0.15) is 61.2 Å². The third-order valence-electron chi connectivity index (χ3n) is 9.69. The molecule has 6 rings (SSSR count). The Kier molecular flexibility index (Phi) is 8.57. The van der Waals surface area contributed by atoms with Crippen LogP contribution in [0.3, 0.4) is 0 Å². The molecule has 0 spiro atoms. The van der Waals surface area contributed by atoms with E-state index in [1.165, 1.54) is 94.6 Å². The lowest BCUT2D eigenvalue weighted by Gasteiger charge is -2.27. The molecule has 0 fully saturated rings. The maximum atomic E-state index is 2.54. The minimum Gasteiger partial charge on any atom is -0.240 e. The predicted octanol–water partition coefficient (Wildman–Crippen LogP) is 8.81. The molecule has 0 atom stereocenters. The van der Waals surface area contributed by atoms with Gasteiger partial charge in [-0.2, -0.15) is 0 Å². The van der Waals surface area contributed by atoms with E-state index in [2.05, 4.69) is 175 Å². The Morgan fingerprint density at radius 1 is 0.426 bits per heavy atom. The molecule has 2 heterocycles. The van der Waals surface area contributed by atoms with Crippen LogP contribution in [-0.4, -0.2) is 9.13 Å². The van der Waals surface area contributed by atoms with Gasteiger partial charge in [0.05, 0.1) is 14.1 Å². The van der Waals surface area contributed by atoms with Gasteiger partial charge in [0, 0.05) is 11.1 Å². The van der Waals surface area contributed by atoms with Crippen LogP contribution >= 0.6 is 0 Å².